The Morgan fingerprint density at radius 3 is 2.97 bits per heavy atom. The summed E-state index contributed by atoms with van der Waals surface area (Å²) < 4.78 is 13.1. The van der Waals surface area contributed by atoms with E-state index < -0.39 is 0 Å². The van der Waals surface area contributed by atoms with Crippen LogP contribution < -0.4 is 4.74 Å². The lowest BCUT2D eigenvalue weighted by Gasteiger charge is -2.21. The molecule has 30 heavy (non-hydrogen) atoms. The Morgan fingerprint density at radius 2 is 2.20 bits per heavy atom. The molecule has 1 aliphatic rings. The highest BCUT2D eigenvalue weighted by atomic mass is 16.5. The Bertz CT molecular complexity index is 1080. The molecule has 1 fully saturated rings. The molecule has 0 N–H and O–H groups in total. The lowest BCUT2D eigenvalue weighted by molar-refractivity contribution is -0.141. The first-order valence-corrected chi connectivity index (χ1v) is 10.2. The van der Waals surface area contributed by atoms with Crippen molar-refractivity contribution in [1.29, 1.82) is 0 Å². The fraction of sp³-hybridized carbons (Fsp3) is 0.391. The van der Waals surface area contributed by atoms with Crippen LogP contribution in [0.15, 0.2) is 42.9 Å². The van der Waals surface area contributed by atoms with Crippen molar-refractivity contribution in [3.63, 3.8) is 0 Å². The lowest BCUT2D eigenvalue weighted by atomic mass is 10.0. The number of Topliss-reactive ketones (excluding diaryl/α,β-unsaturated/α-hetero) is 1. The molecule has 1 aliphatic carbocycles. The van der Waals surface area contributed by atoms with Gasteiger partial charge in [-0.15, -0.1) is 0 Å². The molecule has 1 aromatic carbocycles. The second-order valence-electron chi connectivity index (χ2n) is 7.74. The van der Waals surface area contributed by atoms with E-state index >= 15 is 0 Å². The van der Waals surface area contributed by atoms with Gasteiger partial charge in [-0.1, -0.05) is 0 Å². The van der Waals surface area contributed by atoms with Gasteiger partial charge in [-0.25, -0.2) is 0 Å². The molecular weight excluding hydrogens is 382 g/mol. The number of esters is 1. The Kier molecular flexibility index (Phi) is 5.79. The van der Waals surface area contributed by atoms with Gasteiger partial charge in [-0.2, -0.15) is 5.10 Å². The number of rotatable bonds is 7. The summed E-state index contributed by atoms with van der Waals surface area (Å²) in [5, 5.41) is 5.30. The molecule has 1 saturated carbocycles. The smallest absolute Gasteiger partial charge is 0.302 e. The molecule has 0 saturated heterocycles. The topological polar surface area (TPSA) is 83.3 Å². The van der Waals surface area contributed by atoms with Crippen molar-refractivity contribution >= 4 is 22.7 Å². The average molecular weight is 407 g/mol. The van der Waals surface area contributed by atoms with Gasteiger partial charge < -0.3 is 9.47 Å². The Labute approximate surface area is 175 Å². The first kappa shape index (κ1) is 20.1. The molecule has 156 valence electrons. The van der Waals surface area contributed by atoms with Crippen LogP contribution in [0.4, 0.5) is 0 Å². The predicted octanol–water partition coefficient (Wildman–Crippen LogP) is 3.80. The predicted molar refractivity (Wildman–Crippen MR) is 112 cm³/mol. The van der Waals surface area contributed by atoms with Crippen LogP contribution in [0.25, 0.3) is 22.0 Å². The minimum atomic E-state index is -0.303. The van der Waals surface area contributed by atoms with Crippen LogP contribution in [-0.2, 0) is 20.9 Å². The number of nitrogens with zero attached hydrogens (tertiary/aromatic N) is 3. The van der Waals surface area contributed by atoms with E-state index in [0.717, 1.165) is 34.2 Å². The van der Waals surface area contributed by atoms with Crippen molar-refractivity contribution in [2.45, 2.75) is 45.8 Å². The minimum absolute atomic E-state index is 0.0541. The van der Waals surface area contributed by atoms with E-state index in [1.165, 1.54) is 6.92 Å². The van der Waals surface area contributed by atoms with Gasteiger partial charge in [0.1, 0.15) is 18.1 Å². The Morgan fingerprint density at radius 1 is 1.33 bits per heavy atom. The molecule has 2 aromatic heterocycles. The third-order valence-corrected chi connectivity index (χ3v) is 5.54. The molecule has 0 radical (unpaired) electrons. The van der Waals surface area contributed by atoms with Crippen LogP contribution in [0.3, 0.4) is 0 Å². The normalized spacial score (nSPS) is 17.3. The Hall–Kier alpha value is -3.22. The highest BCUT2D eigenvalue weighted by Gasteiger charge is 2.28. The van der Waals surface area contributed by atoms with Gasteiger partial charge in [-0.3, -0.25) is 19.3 Å². The molecule has 2 atom stereocenters. The monoisotopic (exact) mass is 407 g/mol. The van der Waals surface area contributed by atoms with E-state index in [4.69, 9.17) is 9.47 Å². The van der Waals surface area contributed by atoms with E-state index in [0.29, 0.717) is 25.2 Å². The zero-order chi connectivity index (χ0) is 21.1. The molecule has 4 rings (SSSR count). The van der Waals surface area contributed by atoms with E-state index in [1.807, 2.05) is 37.4 Å². The summed E-state index contributed by atoms with van der Waals surface area (Å²) in [6, 6.07) is 7.91. The summed E-state index contributed by atoms with van der Waals surface area (Å²) in [7, 11) is 0. The molecule has 2 heterocycles. The standard InChI is InChI=1S/C23H25N3O4/c1-15(17-5-6-20(28)10-17)30-23-12-18(11-22-21(23)4-3-7-24-22)19-13-25-26(14-19)8-9-29-16(2)27/h3-4,7,11-15,17H,5-6,8-10H2,1-2H3/t15-,17+/m1/s1. The van der Waals surface area contributed by atoms with Crippen molar-refractivity contribution in [1.82, 2.24) is 14.8 Å². The van der Waals surface area contributed by atoms with E-state index in [9.17, 15) is 9.59 Å². The number of carbonyl (C=O) groups is 2. The maximum Gasteiger partial charge on any atom is 0.302 e. The first-order chi connectivity index (χ1) is 14.5. The van der Waals surface area contributed by atoms with Crippen molar-refractivity contribution in [3.8, 4) is 16.9 Å². The number of hydrogen-bond acceptors (Lipinski definition) is 6. The molecule has 0 aliphatic heterocycles. The summed E-state index contributed by atoms with van der Waals surface area (Å²) in [5.74, 6) is 1.02. The zero-order valence-electron chi connectivity index (χ0n) is 17.2. The highest BCUT2D eigenvalue weighted by molar-refractivity contribution is 5.90. The fourth-order valence-electron chi connectivity index (χ4n) is 3.87. The van der Waals surface area contributed by atoms with Gasteiger partial charge in [0.15, 0.2) is 0 Å². The van der Waals surface area contributed by atoms with Gasteiger partial charge in [-0.05, 0) is 43.2 Å². The maximum atomic E-state index is 11.7. The number of ketones is 1. The van der Waals surface area contributed by atoms with Crippen LogP contribution in [0.1, 0.15) is 33.1 Å². The summed E-state index contributed by atoms with van der Waals surface area (Å²) in [6.07, 6.45) is 7.51. The molecule has 7 heteroatoms. The lowest BCUT2D eigenvalue weighted by Crippen LogP contribution is -2.22. The Balaban J connectivity index is 1.59. The second kappa shape index (κ2) is 8.65. The summed E-state index contributed by atoms with van der Waals surface area (Å²) in [4.78, 5) is 27.1. The van der Waals surface area contributed by atoms with Crippen LogP contribution in [0, 0.1) is 5.92 Å². The number of carbonyl (C=O) groups excluding carboxylic acids is 2. The SMILES string of the molecule is CC(=O)OCCn1cc(-c2cc(O[C@H](C)[C@H]3CCC(=O)C3)c3cccnc3c2)cn1. The summed E-state index contributed by atoms with van der Waals surface area (Å²) in [6.45, 7) is 4.19. The third kappa shape index (κ3) is 4.50. The van der Waals surface area contributed by atoms with Gasteiger partial charge in [0.25, 0.3) is 0 Å². The molecular formula is C23H25N3O4. The molecule has 0 bridgehead atoms. The minimum Gasteiger partial charge on any atom is -0.490 e. The summed E-state index contributed by atoms with van der Waals surface area (Å²) >= 11 is 0. The molecule has 0 amide bonds. The quantitative estimate of drug-likeness (QED) is 0.554. The molecule has 0 spiro atoms. The zero-order valence-corrected chi connectivity index (χ0v) is 17.2. The number of aromatic nitrogens is 3. The third-order valence-electron chi connectivity index (χ3n) is 5.54. The highest BCUT2D eigenvalue weighted by Crippen LogP contribution is 2.34. The number of pyridine rings is 1. The molecule has 3 aromatic rings. The van der Waals surface area contributed by atoms with Crippen molar-refractivity contribution in [2.75, 3.05) is 6.61 Å². The fourth-order valence-corrected chi connectivity index (χ4v) is 3.87. The van der Waals surface area contributed by atoms with Gasteiger partial charge >= 0.3 is 5.97 Å². The van der Waals surface area contributed by atoms with Gasteiger partial charge in [0.05, 0.1) is 24.4 Å². The van der Waals surface area contributed by atoms with Crippen LogP contribution in [0.2, 0.25) is 0 Å². The van der Waals surface area contributed by atoms with Gasteiger partial charge in [0, 0.05) is 49.0 Å². The van der Waals surface area contributed by atoms with Crippen molar-refractivity contribution < 1.29 is 19.1 Å². The van der Waals surface area contributed by atoms with Crippen LogP contribution >= 0.6 is 0 Å². The maximum absolute atomic E-state index is 11.7. The van der Waals surface area contributed by atoms with E-state index in [-0.39, 0.29) is 24.6 Å². The van der Waals surface area contributed by atoms with Crippen molar-refractivity contribution in [3.05, 3.63) is 42.9 Å². The van der Waals surface area contributed by atoms with E-state index in [2.05, 4.69) is 10.1 Å². The number of benzene rings is 1. The molecule has 0 unspecified atom stereocenters. The molecule has 7 nitrogen and oxygen atoms in total. The number of ether oxygens (including phenoxy) is 2. The van der Waals surface area contributed by atoms with Crippen LogP contribution in [0.5, 0.6) is 5.75 Å². The van der Waals surface area contributed by atoms with Gasteiger partial charge in [0.2, 0.25) is 0 Å². The largest absolute Gasteiger partial charge is 0.490 e. The van der Waals surface area contributed by atoms with E-state index in [1.54, 1.807) is 17.1 Å². The van der Waals surface area contributed by atoms with Crippen molar-refractivity contribution in [2.24, 2.45) is 5.92 Å². The average Bonchev–Trinajstić information content (AvgIpc) is 3.37. The number of hydrogen-bond donors (Lipinski definition) is 0. The second-order valence-corrected chi connectivity index (χ2v) is 7.74. The number of fused-ring (bicyclic) bond motifs is 1. The van der Waals surface area contributed by atoms with Crippen LogP contribution in [-0.4, -0.2) is 39.2 Å². The first-order valence-electron chi connectivity index (χ1n) is 10.2. The summed E-state index contributed by atoms with van der Waals surface area (Å²) in [5.41, 5.74) is 2.72.